The van der Waals surface area contributed by atoms with Gasteiger partial charge in [0.15, 0.2) is 5.78 Å². The first-order chi connectivity index (χ1) is 7.58. The average molecular weight is 216 g/mol. The van der Waals surface area contributed by atoms with Gasteiger partial charge in [-0.05, 0) is 25.5 Å². The molecule has 0 N–H and O–H groups in total. The Bertz CT molecular complexity index is 404. The van der Waals surface area contributed by atoms with Crippen LogP contribution in [0.4, 0.5) is 0 Å². The Kier molecular flexibility index (Phi) is 2.92. The lowest BCUT2D eigenvalue weighted by Gasteiger charge is -2.28. The van der Waals surface area contributed by atoms with E-state index in [-0.39, 0.29) is 17.5 Å². The van der Waals surface area contributed by atoms with Gasteiger partial charge in [0.05, 0.1) is 11.7 Å². The normalized spacial score (nSPS) is 20.4. The molecule has 1 aromatic carbocycles. The second kappa shape index (κ2) is 4.22. The molecule has 1 aliphatic carbocycles. The van der Waals surface area contributed by atoms with E-state index in [0.717, 1.165) is 5.56 Å². The maximum Gasteiger partial charge on any atom is 0.158 e. The van der Waals surface area contributed by atoms with Crippen LogP contribution in [0.1, 0.15) is 25.8 Å². The highest BCUT2D eigenvalue weighted by atomic mass is 16.5. The first kappa shape index (κ1) is 11.1. The van der Waals surface area contributed by atoms with Gasteiger partial charge in [-0.25, -0.2) is 0 Å². The van der Waals surface area contributed by atoms with E-state index < -0.39 is 0 Å². The maximum atomic E-state index is 11.1. The fourth-order valence-corrected chi connectivity index (χ4v) is 1.92. The van der Waals surface area contributed by atoms with Gasteiger partial charge in [-0.3, -0.25) is 4.79 Å². The molecule has 0 spiro atoms. The van der Waals surface area contributed by atoms with Crippen LogP contribution >= 0.6 is 0 Å². The van der Waals surface area contributed by atoms with Crippen LogP contribution in [0.2, 0.25) is 0 Å². The molecule has 0 amide bonds. The van der Waals surface area contributed by atoms with Crippen molar-refractivity contribution in [1.82, 2.24) is 0 Å². The molecule has 0 aromatic heterocycles. The van der Waals surface area contributed by atoms with Crippen LogP contribution in [0.5, 0.6) is 0 Å². The molecule has 0 fully saturated rings. The van der Waals surface area contributed by atoms with Gasteiger partial charge in [0.2, 0.25) is 0 Å². The Morgan fingerprint density at radius 2 is 1.94 bits per heavy atom. The smallest absolute Gasteiger partial charge is 0.158 e. The monoisotopic (exact) mass is 216 g/mol. The maximum absolute atomic E-state index is 11.1. The molecule has 2 heteroatoms. The molecule has 0 bridgehead atoms. The average Bonchev–Trinajstić information content (AvgIpc) is 2.64. The van der Waals surface area contributed by atoms with Crippen molar-refractivity contribution in [3.05, 3.63) is 48.0 Å². The minimum Gasteiger partial charge on any atom is -0.363 e. The number of ether oxygens (including phenoxy) is 1. The van der Waals surface area contributed by atoms with E-state index in [1.54, 1.807) is 6.08 Å². The van der Waals surface area contributed by atoms with Gasteiger partial charge in [0.1, 0.15) is 0 Å². The lowest BCUT2D eigenvalue weighted by atomic mass is 9.98. The van der Waals surface area contributed by atoms with Crippen LogP contribution in [0.3, 0.4) is 0 Å². The van der Waals surface area contributed by atoms with E-state index in [2.05, 4.69) is 0 Å². The molecule has 2 nitrogen and oxygen atoms in total. The van der Waals surface area contributed by atoms with Crippen molar-refractivity contribution in [2.24, 2.45) is 0 Å². The molecule has 1 atom stereocenters. The van der Waals surface area contributed by atoms with Crippen LogP contribution < -0.4 is 0 Å². The van der Waals surface area contributed by atoms with Gasteiger partial charge in [-0.1, -0.05) is 36.4 Å². The van der Waals surface area contributed by atoms with Crippen molar-refractivity contribution >= 4 is 5.78 Å². The lowest BCUT2D eigenvalue weighted by Crippen LogP contribution is -2.27. The highest BCUT2D eigenvalue weighted by Gasteiger charge is 2.27. The zero-order chi connectivity index (χ0) is 11.6. The van der Waals surface area contributed by atoms with Gasteiger partial charge in [0, 0.05) is 6.42 Å². The summed E-state index contributed by atoms with van der Waals surface area (Å²) in [6.45, 7) is 4.05. The molecule has 0 saturated heterocycles. The molecule has 0 heterocycles. The molecule has 2 rings (SSSR count). The van der Waals surface area contributed by atoms with Gasteiger partial charge in [-0.2, -0.15) is 0 Å². The van der Waals surface area contributed by atoms with Crippen molar-refractivity contribution in [2.45, 2.75) is 32.0 Å². The number of allylic oxidation sites excluding steroid dienone is 1. The number of hydrogen-bond donors (Lipinski definition) is 0. The molecule has 84 valence electrons. The summed E-state index contributed by atoms with van der Waals surface area (Å²) in [6.07, 6.45) is 3.83. The summed E-state index contributed by atoms with van der Waals surface area (Å²) in [5.74, 6) is 0.147. The predicted octanol–water partition coefficient (Wildman–Crippen LogP) is 2.84. The fraction of sp³-hybridized carbons (Fsp3) is 0.357. The largest absolute Gasteiger partial charge is 0.363 e. The Balaban J connectivity index is 2.09. The Morgan fingerprint density at radius 1 is 1.25 bits per heavy atom. The summed E-state index contributed by atoms with van der Waals surface area (Å²) in [7, 11) is 0. The van der Waals surface area contributed by atoms with Gasteiger partial charge in [0.25, 0.3) is 0 Å². The SMILES string of the molecule is CC(C)(OC1C=CC(=O)C1)c1ccccc1. The zero-order valence-electron chi connectivity index (χ0n) is 9.64. The summed E-state index contributed by atoms with van der Waals surface area (Å²) in [5, 5.41) is 0. The molecule has 0 aliphatic heterocycles. The number of rotatable bonds is 3. The number of carbonyl (C=O) groups excluding carboxylic acids is 1. The van der Waals surface area contributed by atoms with E-state index >= 15 is 0 Å². The molecular formula is C14H16O2. The van der Waals surface area contributed by atoms with Crippen molar-refractivity contribution in [2.75, 3.05) is 0 Å². The highest BCUT2D eigenvalue weighted by molar-refractivity contribution is 5.92. The number of ketones is 1. The van der Waals surface area contributed by atoms with Crippen LogP contribution in [0, 0.1) is 0 Å². The third kappa shape index (κ3) is 2.39. The van der Waals surface area contributed by atoms with Crippen LogP contribution in [-0.4, -0.2) is 11.9 Å². The molecule has 1 aliphatic rings. The van der Waals surface area contributed by atoms with Gasteiger partial charge < -0.3 is 4.74 Å². The summed E-state index contributed by atoms with van der Waals surface area (Å²) in [6, 6.07) is 10.1. The fourth-order valence-electron chi connectivity index (χ4n) is 1.92. The molecule has 0 radical (unpaired) electrons. The van der Waals surface area contributed by atoms with Gasteiger partial charge >= 0.3 is 0 Å². The van der Waals surface area contributed by atoms with E-state index in [1.807, 2.05) is 50.3 Å². The first-order valence-electron chi connectivity index (χ1n) is 5.52. The number of carbonyl (C=O) groups is 1. The zero-order valence-corrected chi connectivity index (χ0v) is 9.64. The standard InChI is InChI=1S/C14H16O2/c1-14(2,11-6-4-3-5-7-11)16-13-9-8-12(15)10-13/h3-9,13H,10H2,1-2H3. The quantitative estimate of drug-likeness (QED) is 0.776. The van der Waals surface area contributed by atoms with E-state index in [4.69, 9.17) is 4.74 Å². The molecule has 1 unspecified atom stereocenters. The number of benzene rings is 1. The molecule has 1 aromatic rings. The Hall–Kier alpha value is -1.41. The molecular weight excluding hydrogens is 200 g/mol. The summed E-state index contributed by atoms with van der Waals surface area (Å²) >= 11 is 0. The minimum absolute atomic E-state index is 0.0808. The van der Waals surface area contributed by atoms with Gasteiger partial charge in [-0.15, -0.1) is 0 Å². The third-order valence-corrected chi connectivity index (χ3v) is 2.81. The molecule has 0 saturated carbocycles. The highest BCUT2D eigenvalue weighted by Crippen LogP contribution is 2.28. The summed E-state index contributed by atoms with van der Waals surface area (Å²) < 4.78 is 5.95. The predicted molar refractivity (Wildman–Crippen MR) is 63.1 cm³/mol. The Morgan fingerprint density at radius 3 is 2.50 bits per heavy atom. The second-order valence-corrected chi connectivity index (χ2v) is 4.56. The van der Waals surface area contributed by atoms with Crippen LogP contribution in [0.15, 0.2) is 42.5 Å². The van der Waals surface area contributed by atoms with Crippen LogP contribution in [0.25, 0.3) is 0 Å². The van der Waals surface area contributed by atoms with Crippen molar-refractivity contribution in [1.29, 1.82) is 0 Å². The van der Waals surface area contributed by atoms with E-state index in [9.17, 15) is 4.79 Å². The summed E-state index contributed by atoms with van der Waals surface area (Å²) in [5.41, 5.74) is 0.767. The summed E-state index contributed by atoms with van der Waals surface area (Å²) in [4.78, 5) is 11.1. The lowest BCUT2D eigenvalue weighted by molar-refractivity contribution is -0.118. The number of hydrogen-bond acceptors (Lipinski definition) is 2. The third-order valence-electron chi connectivity index (χ3n) is 2.81. The van der Waals surface area contributed by atoms with E-state index in [1.165, 1.54) is 0 Å². The van der Waals surface area contributed by atoms with Crippen molar-refractivity contribution in [3.63, 3.8) is 0 Å². The van der Waals surface area contributed by atoms with Crippen molar-refractivity contribution in [3.8, 4) is 0 Å². The minimum atomic E-state index is -0.360. The Labute approximate surface area is 95.9 Å². The van der Waals surface area contributed by atoms with E-state index in [0.29, 0.717) is 6.42 Å². The molecule has 16 heavy (non-hydrogen) atoms. The first-order valence-corrected chi connectivity index (χ1v) is 5.52. The van der Waals surface area contributed by atoms with Crippen LogP contribution in [-0.2, 0) is 15.1 Å². The second-order valence-electron chi connectivity index (χ2n) is 4.56. The topological polar surface area (TPSA) is 26.3 Å². The van der Waals surface area contributed by atoms with Crippen molar-refractivity contribution < 1.29 is 9.53 Å².